The fourth-order valence-electron chi connectivity index (χ4n) is 2.81. The van der Waals surface area contributed by atoms with E-state index in [9.17, 15) is 18.5 Å². The van der Waals surface area contributed by atoms with E-state index < -0.39 is 14.9 Å². The van der Waals surface area contributed by atoms with Crippen molar-refractivity contribution in [3.8, 4) is 16.9 Å². The van der Waals surface area contributed by atoms with Gasteiger partial charge in [-0.2, -0.15) is 8.42 Å². The molecule has 0 aliphatic carbocycles. The van der Waals surface area contributed by atoms with Gasteiger partial charge in [-0.3, -0.25) is 10.1 Å². The van der Waals surface area contributed by atoms with Crippen molar-refractivity contribution in [2.75, 3.05) is 0 Å². The Bertz CT molecular complexity index is 1190. The van der Waals surface area contributed by atoms with Gasteiger partial charge in [0, 0.05) is 17.7 Å². The Morgan fingerprint density at radius 2 is 1.59 bits per heavy atom. The lowest BCUT2D eigenvalue weighted by Gasteiger charge is -2.11. The van der Waals surface area contributed by atoms with Crippen LogP contribution >= 0.6 is 0 Å². The first kappa shape index (κ1) is 16.9. The molecule has 27 heavy (non-hydrogen) atoms. The summed E-state index contributed by atoms with van der Waals surface area (Å²) >= 11 is 0. The molecule has 0 bridgehead atoms. The summed E-state index contributed by atoms with van der Waals surface area (Å²) < 4.78 is 34.1. The molecule has 1 heterocycles. The highest BCUT2D eigenvalue weighted by molar-refractivity contribution is 7.90. The van der Waals surface area contributed by atoms with Crippen molar-refractivity contribution in [1.29, 1.82) is 0 Å². The molecule has 0 aromatic heterocycles. The first-order valence-corrected chi connectivity index (χ1v) is 9.36. The number of nitrogens with zero attached hydrogens (tertiary/aromatic N) is 2. The molecule has 1 aliphatic rings. The van der Waals surface area contributed by atoms with Crippen molar-refractivity contribution >= 4 is 21.6 Å². The predicted octanol–water partition coefficient (Wildman–Crippen LogP) is 3.79. The molecule has 4 rings (SSSR count). The summed E-state index contributed by atoms with van der Waals surface area (Å²) in [6.45, 7) is 0. The highest BCUT2D eigenvalue weighted by Crippen LogP contribution is 2.34. The van der Waals surface area contributed by atoms with Gasteiger partial charge in [-0.1, -0.05) is 48.5 Å². The molecule has 134 valence electrons. The van der Waals surface area contributed by atoms with E-state index in [1.807, 2.05) is 42.5 Å². The summed E-state index contributed by atoms with van der Waals surface area (Å²) in [5.41, 5.74) is 1.55. The van der Waals surface area contributed by atoms with Crippen LogP contribution in [0.1, 0.15) is 5.56 Å². The van der Waals surface area contributed by atoms with Crippen LogP contribution in [-0.2, 0) is 10.0 Å². The van der Waals surface area contributed by atoms with Crippen molar-refractivity contribution < 1.29 is 18.1 Å². The molecule has 8 heteroatoms. The Morgan fingerprint density at radius 3 is 2.33 bits per heavy atom. The predicted molar refractivity (Wildman–Crippen MR) is 99.3 cm³/mol. The van der Waals surface area contributed by atoms with Crippen molar-refractivity contribution in [1.82, 2.24) is 0 Å². The Hall–Kier alpha value is -3.52. The van der Waals surface area contributed by atoms with E-state index in [4.69, 9.17) is 4.74 Å². The number of rotatable bonds is 3. The average molecular weight is 380 g/mol. The zero-order valence-electron chi connectivity index (χ0n) is 13.8. The van der Waals surface area contributed by atoms with Gasteiger partial charge in [-0.05, 0) is 17.7 Å². The van der Waals surface area contributed by atoms with Crippen LogP contribution in [0.2, 0.25) is 0 Å². The number of hydrogen-bond donors (Lipinski definition) is 0. The van der Waals surface area contributed by atoms with Gasteiger partial charge in [0.2, 0.25) is 5.90 Å². The summed E-state index contributed by atoms with van der Waals surface area (Å²) in [6, 6.07) is 20.2. The van der Waals surface area contributed by atoms with Gasteiger partial charge in [0.15, 0.2) is 0 Å². The van der Waals surface area contributed by atoms with Crippen LogP contribution in [0.25, 0.3) is 11.1 Å². The van der Waals surface area contributed by atoms with E-state index >= 15 is 0 Å². The molecule has 0 radical (unpaired) electrons. The number of fused-ring (bicyclic) bond motifs is 1. The number of nitro groups is 1. The minimum atomic E-state index is -4.05. The van der Waals surface area contributed by atoms with E-state index in [2.05, 4.69) is 4.40 Å². The van der Waals surface area contributed by atoms with Gasteiger partial charge >= 0.3 is 0 Å². The lowest BCUT2D eigenvalue weighted by molar-refractivity contribution is -0.385. The maximum Gasteiger partial charge on any atom is 0.286 e. The second-order valence-electron chi connectivity index (χ2n) is 5.77. The molecule has 0 saturated carbocycles. The van der Waals surface area contributed by atoms with E-state index in [-0.39, 0.29) is 22.0 Å². The highest BCUT2D eigenvalue weighted by atomic mass is 32.2. The normalized spacial score (nSPS) is 14.3. The Balaban J connectivity index is 1.77. The number of hydrogen-bond acceptors (Lipinski definition) is 5. The largest absolute Gasteiger partial charge is 0.437 e. The molecule has 1 aliphatic heterocycles. The SMILES string of the molecule is O=[N+]([O-])c1ccc2c(c1)S(=O)(=O)N=C2Oc1ccccc1-c1ccccc1. The molecule has 0 spiro atoms. The summed E-state index contributed by atoms with van der Waals surface area (Å²) in [5.74, 6) is 0.326. The average Bonchev–Trinajstić information content (AvgIpc) is 2.92. The van der Waals surface area contributed by atoms with E-state index in [1.165, 1.54) is 12.1 Å². The standard InChI is InChI=1S/C19H12N2O5S/c22-21(23)14-10-11-16-18(12-14)27(24,25)20-19(16)26-17-9-5-4-8-15(17)13-6-2-1-3-7-13/h1-12H. The van der Waals surface area contributed by atoms with Crippen LogP contribution in [0.5, 0.6) is 5.75 Å². The number of para-hydroxylation sites is 1. The van der Waals surface area contributed by atoms with Crippen molar-refractivity contribution in [2.45, 2.75) is 4.90 Å². The molecule has 7 nitrogen and oxygen atoms in total. The van der Waals surface area contributed by atoms with Crippen LogP contribution in [-0.4, -0.2) is 19.2 Å². The zero-order valence-corrected chi connectivity index (χ0v) is 14.6. The van der Waals surface area contributed by atoms with Gasteiger partial charge < -0.3 is 4.74 Å². The van der Waals surface area contributed by atoms with Gasteiger partial charge in [-0.25, -0.2) is 0 Å². The third-order valence-electron chi connectivity index (χ3n) is 4.07. The third kappa shape index (κ3) is 3.06. The van der Waals surface area contributed by atoms with Crippen molar-refractivity contribution in [3.63, 3.8) is 0 Å². The summed E-state index contributed by atoms with van der Waals surface area (Å²) in [4.78, 5) is 10.0. The van der Waals surface area contributed by atoms with Crippen LogP contribution < -0.4 is 4.74 Å². The molecular weight excluding hydrogens is 368 g/mol. The zero-order chi connectivity index (χ0) is 19.0. The van der Waals surface area contributed by atoms with Crippen LogP contribution in [0, 0.1) is 10.1 Å². The molecule has 3 aromatic rings. The third-order valence-corrected chi connectivity index (χ3v) is 5.37. The molecule has 0 unspecified atom stereocenters. The minimum absolute atomic E-state index is 0.108. The van der Waals surface area contributed by atoms with E-state index in [1.54, 1.807) is 12.1 Å². The molecule has 0 amide bonds. The number of benzene rings is 3. The summed E-state index contributed by atoms with van der Waals surface area (Å²) in [5, 5.41) is 10.9. The second kappa shape index (κ2) is 6.33. The number of nitro benzene ring substituents is 1. The van der Waals surface area contributed by atoms with Crippen LogP contribution in [0.4, 0.5) is 5.69 Å². The number of ether oxygens (including phenoxy) is 1. The van der Waals surface area contributed by atoms with Crippen molar-refractivity contribution in [2.24, 2.45) is 4.40 Å². The minimum Gasteiger partial charge on any atom is -0.437 e. The first-order valence-electron chi connectivity index (χ1n) is 7.92. The van der Waals surface area contributed by atoms with E-state index in [0.29, 0.717) is 5.75 Å². The monoisotopic (exact) mass is 380 g/mol. The van der Waals surface area contributed by atoms with Gasteiger partial charge in [0.05, 0.1) is 10.5 Å². The van der Waals surface area contributed by atoms with Crippen molar-refractivity contribution in [3.05, 3.63) is 88.5 Å². The fraction of sp³-hybridized carbons (Fsp3) is 0. The summed E-state index contributed by atoms with van der Waals surface area (Å²) in [6.07, 6.45) is 0. The summed E-state index contributed by atoms with van der Waals surface area (Å²) in [7, 11) is -4.05. The lowest BCUT2D eigenvalue weighted by atomic mass is 10.0. The van der Waals surface area contributed by atoms with E-state index in [0.717, 1.165) is 17.2 Å². The number of sulfonamides is 1. The maximum absolute atomic E-state index is 12.3. The van der Waals surface area contributed by atoms with Gasteiger partial charge in [0.25, 0.3) is 15.7 Å². The van der Waals surface area contributed by atoms with Crippen LogP contribution in [0.3, 0.4) is 0 Å². The van der Waals surface area contributed by atoms with Crippen LogP contribution in [0.15, 0.2) is 82.1 Å². The maximum atomic E-state index is 12.3. The molecular formula is C19H12N2O5S. The second-order valence-corrected chi connectivity index (χ2v) is 7.35. The topological polar surface area (TPSA) is 98.9 Å². The molecule has 3 aromatic carbocycles. The molecule has 0 N–H and O–H groups in total. The Morgan fingerprint density at radius 1 is 0.889 bits per heavy atom. The first-order chi connectivity index (χ1) is 13.0. The smallest absolute Gasteiger partial charge is 0.286 e. The Kier molecular flexibility index (Phi) is 3.97. The molecule has 0 atom stereocenters. The lowest BCUT2D eigenvalue weighted by Crippen LogP contribution is -2.08. The quantitative estimate of drug-likeness (QED) is 0.508. The number of non-ortho nitro benzene ring substituents is 1. The Labute approximate surface area is 154 Å². The van der Waals surface area contributed by atoms with Gasteiger partial charge in [0.1, 0.15) is 10.6 Å². The highest BCUT2D eigenvalue weighted by Gasteiger charge is 2.33. The fourth-order valence-corrected chi connectivity index (χ4v) is 3.97. The molecule has 0 fully saturated rings. The van der Waals surface area contributed by atoms with Gasteiger partial charge in [-0.15, -0.1) is 4.40 Å². The molecule has 0 saturated heterocycles.